The van der Waals surface area contributed by atoms with E-state index in [1.807, 2.05) is 0 Å². The van der Waals surface area contributed by atoms with Crippen LogP contribution in [0.4, 0.5) is 13.2 Å². The summed E-state index contributed by atoms with van der Waals surface area (Å²) in [4.78, 5) is 51.3. The summed E-state index contributed by atoms with van der Waals surface area (Å²) in [5.74, 6) is -0.820. The highest BCUT2D eigenvalue weighted by atomic mass is 127. The Hall–Kier alpha value is -3.51. The molecule has 0 bridgehead atoms. The fraction of sp³-hybridized carbons (Fsp3) is 0.185. The molecule has 2 atom stereocenters. The van der Waals surface area contributed by atoms with E-state index in [4.69, 9.17) is 0 Å². The molecular formula is C27H21F3IN2O6P. The quantitative estimate of drug-likeness (QED) is 0.217. The van der Waals surface area contributed by atoms with Gasteiger partial charge in [-0.15, -0.1) is 0 Å². The second kappa shape index (κ2) is 10.2. The molecule has 2 heterocycles. The van der Waals surface area contributed by atoms with Gasteiger partial charge in [-0.25, -0.2) is 4.57 Å². The van der Waals surface area contributed by atoms with Crippen molar-refractivity contribution in [2.75, 3.05) is 0 Å². The van der Waals surface area contributed by atoms with Crippen molar-refractivity contribution < 1.29 is 23.4 Å². The van der Waals surface area contributed by atoms with Crippen LogP contribution in [0.5, 0.6) is 11.5 Å². The van der Waals surface area contributed by atoms with E-state index in [2.05, 4.69) is 28.9 Å². The lowest BCUT2D eigenvalue weighted by atomic mass is 9.75. The number of halogens is 4. The van der Waals surface area contributed by atoms with Gasteiger partial charge in [-0.2, -0.15) is 13.2 Å². The number of benzene rings is 3. The van der Waals surface area contributed by atoms with Crippen molar-refractivity contribution in [3.8, 4) is 17.2 Å². The highest BCUT2D eigenvalue weighted by Crippen LogP contribution is 2.47. The molecule has 0 saturated heterocycles. The molecule has 5 aromatic rings. The van der Waals surface area contributed by atoms with Gasteiger partial charge in [-0.05, 0) is 60.9 Å². The zero-order chi connectivity index (χ0) is 29.9. The Labute approximate surface area is 238 Å². The number of phenols is 2. The SMILES string of the molecule is Cc1cc(C(C)(c2ccc(O)c(-n3c(=O)c4cc5c(=O)n(C)c(=O)c5cc4c3=O)c2)C(F)(F)F)ccc1O.PI. The lowest BCUT2D eigenvalue weighted by Crippen LogP contribution is -2.41. The minimum Gasteiger partial charge on any atom is -0.508 e. The van der Waals surface area contributed by atoms with Crippen molar-refractivity contribution in [3.63, 3.8) is 0 Å². The van der Waals surface area contributed by atoms with Gasteiger partial charge in [0.15, 0.2) is 0 Å². The van der Waals surface area contributed by atoms with E-state index in [-0.39, 0.29) is 44.0 Å². The molecule has 208 valence electrons. The first-order chi connectivity index (χ1) is 18.7. The Morgan fingerprint density at radius 3 is 1.60 bits per heavy atom. The number of aromatic nitrogens is 2. The van der Waals surface area contributed by atoms with Crippen molar-refractivity contribution in [1.82, 2.24) is 9.13 Å². The molecule has 0 saturated carbocycles. The van der Waals surface area contributed by atoms with Gasteiger partial charge in [-0.3, -0.25) is 23.7 Å². The minimum atomic E-state index is -4.86. The average molecular weight is 684 g/mol. The van der Waals surface area contributed by atoms with Gasteiger partial charge in [0.25, 0.3) is 22.2 Å². The maximum Gasteiger partial charge on any atom is 0.402 e. The highest BCUT2D eigenvalue weighted by molar-refractivity contribution is 14.2. The molecule has 0 radical (unpaired) electrons. The number of nitrogens with zero attached hydrogens (tertiary/aromatic N) is 2. The first-order valence-corrected chi connectivity index (χ1v) is 15.7. The molecule has 0 amide bonds. The summed E-state index contributed by atoms with van der Waals surface area (Å²) in [5.41, 5.74) is -6.80. The van der Waals surface area contributed by atoms with Crippen molar-refractivity contribution in [2.24, 2.45) is 7.05 Å². The number of hydrogen-bond donors (Lipinski definition) is 2. The molecule has 3 aromatic carbocycles. The maximum absolute atomic E-state index is 14.6. The number of aryl methyl sites for hydroxylation is 1. The van der Waals surface area contributed by atoms with E-state index in [9.17, 15) is 42.6 Å². The predicted octanol–water partition coefficient (Wildman–Crippen LogP) is 4.24. The molecule has 2 N–H and O–H groups in total. The van der Waals surface area contributed by atoms with Crippen LogP contribution in [0, 0.1) is 6.92 Å². The molecule has 2 aromatic heterocycles. The van der Waals surface area contributed by atoms with Crippen LogP contribution in [-0.2, 0) is 12.5 Å². The molecule has 0 spiro atoms. The monoisotopic (exact) mass is 684 g/mol. The van der Waals surface area contributed by atoms with Gasteiger partial charge in [0.05, 0.1) is 27.2 Å². The van der Waals surface area contributed by atoms with Gasteiger partial charge in [0, 0.05) is 7.05 Å². The number of rotatable bonds is 3. The van der Waals surface area contributed by atoms with E-state index >= 15 is 0 Å². The molecule has 0 aliphatic heterocycles. The Morgan fingerprint density at radius 2 is 1.15 bits per heavy atom. The van der Waals surface area contributed by atoms with Crippen LogP contribution in [0.2, 0.25) is 0 Å². The molecule has 40 heavy (non-hydrogen) atoms. The summed E-state index contributed by atoms with van der Waals surface area (Å²) in [6.07, 6.45) is -4.86. The average Bonchev–Trinajstić information content (AvgIpc) is 3.28. The van der Waals surface area contributed by atoms with Gasteiger partial charge >= 0.3 is 6.18 Å². The van der Waals surface area contributed by atoms with Crippen molar-refractivity contribution in [2.45, 2.75) is 25.4 Å². The van der Waals surface area contributed by atoms with Crippen molar-refractivity contribution in [1.29, 1.82) is 0 Å². The third kappa shape index (κ3) is 4.24. The Balaban J connectivity index is 0.00000181. The van der Waals surface area contributed by atoms with Crippen LogP contribution in [0.3, 0.4) is 0 Å². The van der Waals surface area contributed by atoms with Crippen LogP contribution in [0.15, 0.2) is 67.7 Å². The molecule has 0 aliphatic carbocycles. The third-order valence-electron chi connectivity index (χ3n) is 7.23. The summed E-state index contributed by atoms with van der Waals surface area (Å²) in [6, 6.07) is 8.55. The van der Waals surface area contributed by atoms with E-state index in [0.29, 0.717) is 4.57 Å². The minimum absolute atomic E-state index is 0.0791. The van der Waals surface area contributed by atoms with Crippen LogP contribution < -0.4 is 22.2 Å². The van der Waals surface area contributed by atoms with E-state index in [1.165, 1.54) is 20.0 Å². The molecule has 0 fully saturated rings. The van der Waals surface area contributed by atoms with Crippen LogP contribution >= 0.6 is 28.9 Å². The Kier molecular flexibility index (Phi) is 7.48. The highest BCUT2D eigenvalue weighted by Gasteiger charge is 2.53. The molecule has 13 heteroatoms. The maximum atomic E-state index is 14.6. The molecule has 0 aliphatic rings. The molecular weight excluding hydrogens is 663 g/mol. The number of phenolic OH excluding ortho intramolecular Hbond substituents is 2. The first-order valence-electron chi connectivity index (χ1n) is 11.5. The fourth-order valence-corrected chi connectivity index (χ4v) is 4.79. The lowest BCUT2D eigenvalue weighted by Gasteiger charge is -2.34. The van der Waals surface area contributed by atoms with Gasteiger partial charge in [0.2, 0.25) is 0 Å². The van der Waals surface area contributed by atoms with Gasteiger partial charge in [0.1, 0.15) is 16.9 Å². The van der Waals surface area contributed by atoms with Gasteiger partial charge < -0.3 is 10.2 Å². The Morgan fingerprint density at radius 1 is 0.725 bits per heavy atom. The zero-order valence-electron chi connectivity index (χ0n) is 21.1. The van der Waals surface area contributed by atoms with Crippen molar-refractivity contribution in [3.05, 3.63) is 107 Å². The summed E-state index contributed by atoms with van der Waals surface area (Å²) in [7, 11) is 1.25. The smallest absolute Gasteiger partial charge is 0.402 e. The van der Waals surface area contributed by atoms with Crippen LogP contribution in [0.1, 0.15) is 23.6 Å². The predicted molar refractivity (Wildman–Crippen MR) is 158 cm³/mol. The van der Waals surface area contributed by atoms with Crippen LogP contribution in [0.25, 0.3) is 27.2 Å². The number of alkyl halides is 3. The number of hydrogen-bond acceptors (Lipinski definition) is 6. The lowest BCUT2D eigenvalue weighted by molar-refractivity contribution is -0.173. The summed E-state index contributed by atoms with van der Waals surface area (Å²) >= 11 is 2.07. The molecule has 5 rings (SSSR count). The topological polar surface area (TPSA) is 119 Å². The largest absolute Gasteiger partial charge is 0.508 e. The fourth-order valence-electron chi connectivity index (χ4n) is 4.79. The second-order valence-corrected chi connectivity index (χ2v) is 9.39. The third-order valence-corrected chi connectivity index (χ3v) is 7.23. The van der Waals surface area contributed by atoms with E-state index < -0.39 is 45.3 Å². The number of aromatic hydroxyl groups is 2. The summed E-state index contributed by atoms with van der Waals surface area (Å²) in [6.45, 7) is 4.74. The van der Waals surface area contributed by atoms with Crippen LogP contribution in [-0.4, -0.2) is 25.5 Å². The standard InChI is InChI=1S/C27H19F3N2O6.H2IP/c1-12-8-13(4-6-20(12)33)26(2,27(28,29)30)14-5-7-21(34)19(9-14)32-24(37)17-10-15-16(11-18(17)25(32)38)23(36)31(3)22(15)35;1-2/h4-11,33-34H,1-3H3;2H2. The van der Waals surface area contributed by atoms with Crippen molar-refractivity contribution >= 4 is 50.5 Å². The van der Waals surface area contributed by atoms with E-state index in [1.54, 1.807) is 0 Å². The normalized spacial score (nSPS) is 13.3. The molecule has 2 unspecified atom stereocenters. The zero-order valence-corrected chi connectivity index (χ0v) is 24.4. The summed E-state index contributed by atoms with van der Waals surface area (Å²) < 4.78 is 45.1. The summed E-state index contributed by atoms with van der Waals surface area (Å²) in [5, 5.41) is 19.8. The second-order valence-electron chi connectivity index (χ2n) is 9.39. The van der Waals surface area contributed by atoms with E-state index in [0.717, 1.165) is 54.0 Å². The molecule has 8 nitrogen and oxygen atoms in total. The number of fused-ring (bicyclic) bond motifs is 2. The van der Waals surface area contributed by atoms with Gasteiger partial charge in [-0.1, -0.05) is 47.1 Å². The first kappa shape index (κ1) is 29.5. The Bertz CT molecular complexity index is 1950.